The van der Waals surface area contributed by atoms with Gasteiger partial charge >= 0.3 is 0 Å². The zero-order valence-corrected chi connectivity index (χ0v) is 13.7. The lowest BCUT2D eigenvalue weighted by Crippen LogP contribution is -2.19. The lowest BCUT2D eigenvalue weighted by Gasteiger charge is -2.08. The maximum absolute atomic E-state index is 5.33. The molecule has 0 aliphatic carbocycles. The summed E-state index contributed by atoms with van der Waals surface area (Å²) in [7, 11) is 0. The quantitative estimate of drug-likeness (QED) is 0.711. The molecule has 0 fully saturated rings. The number of aromatic nitrogens is 2. The van der Waals surface area contributed by atoms with E-state index in [0.29, 0.717) is 5.11 Å². The van der Waals surface area contributed by atoms with Crippen molar-refractivity contribution < 1.29 is 0 Å². The van der Waals surface area contributed by atoms with Crippen LogP contribution in [0.4, 0.5) is 11.5 Å². The van der Waals surface area contributed by atoms with Gasteiger partial charge in [-0.2, -0.15) is 5.10 Å². The van der Waals surface area contributed by atoms with Crippen molar-refractivity contribution in [3.63, 3.8) is 0 Å². The first-order valence-corrected chi connectivity index (χ1v) is 7.83. The molecular weight excluding hydrogens is 304 g/mol. The van der Waals surface area contributed by atoms with Gasteiger partial charge in [0, 0.05) is 17.4 Å². The van der Waals surface area contributed by atoms with Crippen LogP contribution in [0.15, 0.2) is 66.7 Å². The number of nitrogens with zero attached hydrogens (tertiary/aromatic N) is 2. The molecule has 0 aliphatic heterocycles. The van der Waals surface area contributed by atoms with Crippen molar-refractivity contribution in [2.75, 3.05) is 10.6 Å². The highest BCUT2D eigenvalue weighted by atomic mass is 32.1. The molecule has 0 saturated heterocycles. The molecule has 3 aromatic rings. The zero-order chi connectivity index (χ0) is 16.1. The van der Waals surface area contributed by atoms with Crippen molar-refractivity contribution in [1.82, 2.24) is 9.78 Å². The molecule has 23 heavy (non-hydrogen) atoms. The Morgan fingerprint density at radius 1 is 1.00 bits per heavy atom. The minimum Gasteiger partial charge on any atom is -0.332 e. The fourth-order valence-electron chi connectivity index (χ4n) is 2.29. The van der Waals surface area contributed by atoms with Gasteiger partial charge < -0.3 is 10.6 Å². The molecule has 2 N–H and O–H groups in total. The third kappa shape index (κ3) is 4.17. The molecule has 116 valence electrons. The van der Waals surface area contributed by atoms with E-state index in [2.05, 4.69) is 27.9 Å². The Labute approximate surface area is 141 Å². The SMILES string of the molecule is Cc1cc(NC(=S)Nc2ccccc2)nn1Cc1ccccc1. The van der Waals surface area contributed by atoms with Gasteiger partial charge in [0.15, 0.2) is 10.9 Å². The molecule has 0 saturated carbocycles. The van der Waals surface area contributed by atoms with E-state index in [0.717, 1.165) is 23.7 Å². The highest BCUT2D eigenvalue weighted by Crippen LogP contribution is 2.12. The highest BCUT2D eigenvalue weighted by molar-refractivity contribution is 7.80. The Balaban J connectivity index is 1.65. The minimum atomic E-state index is 0.528. The topological polar surface area (TPSA) is 41.9 Å². The summed E-state index contributed by atoms with van der Waals surface area (Å²) in [4.78, 5) is 0. The Morgan fingerprint density at radius 2 is 1.65 bits per heavy atom. The summed E-state index contributed by atoms with van der Waals surface area (Å²) in [5, 5.41) is 11.4. The second-order valence-electron chi connectivity index (χ2n) is 5.26. The third-order valence-corrected chi connectivity index (χ3v) is 3.63. The monoisotopic (exact) mass is 322 g/mol. The molecule has 0 bridgehead atoms. The normalized spacial score (nSPS) is 10.3. The number of anilines is 2. The Morgan fingerprint density at radius 3 is 2.35 bits per heavy atom. The molecule has 1 heterocycles. The van der Waals surface area contributed by atoms with E-state index in [9.17, 15) is 0 Å². The van der Waals surface area contributed by atoms with Crippen molar-refractivity contribution in [3.8, 4) is 0 Å². The first-order chi connectivity index (χ1) is 11.2. The number of rotatable bonds is 4. The summed E-state index contributed by atoms with van der Waals surface area (Å²) >= 11 is 5.33. The van der Waals surface area contributed by atoms with E-state index in [4.69, 9.17) is 12.2 Å². The van der Waals surface area contributed by atoms with E-state index < -0.39 is 0 Å². The van der Waals surface area contributed by atoms with Crippen molar-refractivity contribution >= 4 is 28.8 Å². The zero-order valence-electron chi connectivity index (χ0n) is 12.9. The van der Waals surface area contributed by atoms with Gasteiger partial charge in [-0.25, -0.2) is 0 Å². The van der Waals surface area contributed by atoms with Gasteiger partial charge in [-0.1, -0.05) is 48.5 Å². The fourth-order valence-corrected chi connectivity index (χ4v) is 2.51. The maximum Gasteiger partial charge on any atom is 0.176 e. The van der Waals surface area contributed by atoms with E-state index in [1.165, 1.54) is 5.56 Å². The first-order valence-electron chi connectivity index (χ1n) is 7.42. The Bertz CT molecular complexity index is 781. The molecule has 3 rings (SSSR count). The van der Waals surface area contributed by atoms with Crippen LogP contribution in [0.5, 0.6) is 0 Å². The number of hydrogen-bond donors (Lipinski definition) is 2. The van der Waals surface area contributed by atoms with E-state index in [1.807, 2.05) is 66.2 Å². The van der Waals surface area contributed by atoms with Crippen LogP contribution in [-0.4, -0.2) is 14.9 Å². The number of thiocarbonyl (C=S) groups is 1. The molecular formula is C18H18N4S. The van der Waals surface area contributed by atoms with Crippen LogP contribution in [0.25, 0.3) is 0 Å². The first kappa shape index (κ1) is 15.2. The number of nitrogens with one attached hydrogen (secondary N) is 2. The molecule has 0 amide bonds. The van der Waals surface area contributed by atoms with Crippen molar-refractivity contribution in [2.24, 2.45) is 0 Å². The third-order valence-electron chi connectivity index (χ3n) is 3.43. The van der Waals surface area contributed by atoms with Gasteiger partial charge in [0.05, 0.1) is 6.54 Å². The van der Waals surface area contributed by atoms with Crippen LogP contribution in [0.1, 0.15) is 11.3 Å². The van der Waals surface area contributed by atoms with Crippen LogP contribution in [0.2, 0.25) is 0 Å². The molecule has 0 unspecified atom stereocenters. The smallest absolute Gasteiger partial charge is 0.176 e. The van der Waals surface area contributed by atoms with Gasteiger partial charge in [-0.15, -0.1) is 0 Å². The molecule has 0 atom stereocenters. The standard InChI is InChI=1S/C18H18N4S/c1-14-12-17(20-18(23)19-16-10-6-3-7-11-16)21-22(14)13-15-8-4-2-5-9-15/h2-12H,13H2,1H3,(H2,19,20,21,23). The van der Waals surface area contributed by atoms with E-state index in [-0.39, 0.29) is 0 Å². The lowest BCUT2D eigenvalue weighted by molar-refractivity contribution is 0.668. The second-order valence-corrected chi connectivity index (χ2v) is 5.67. The summed E-state index contributed by atoms with van der Waals surface area (Å²) < 4.78 is 1.96. The van der Waals surface area contributed by atoms with E-state index >= 15 is 0 Å². The Hall–Kier alpha value is -2.66. The van der Waals surface area contributed by atoms with Crippen molar-refractivity contribution in [3.05, 3.63) is 78.0 Å². The predicted octanol–water partition coefficient (Wildman–Crippen LogP) is 4.05. The minimum absolute atomic E-state index is 0.528. The average molecular weight is 322 g/mol. The number of benzene rings is 2. The van der Waals surface area contributed by atoms with Gasteiger partial charge in [-0.3, -0.25) is 4.68 Å². The van der Waals surface area contributed by atoms with Crippen LogP contribution < -0.4 is 10.6 Å². The van der Waals surface area contributed by atoms with Crippen LogP contribution >= 0.6 is 12.2 Å². The molecule has 5 heteroatoms. The largest absolute Gasteiger partial charge is 0.332 e. The number of para-hydroxylation sites is 1. The van der Waals surface area contributed by atoms with E-state index in [1.54, 1.807) is 0 Å². The van der Waals surface area contributed by atoms with Gasteiger partial charge in [0.2, 0.25) is 0 Å². The average Bonchev–Trinajstić information content (AvgIpc) is 2.88. The summed E-state index contributed by atoms with van der Waals surface area (Å²) in [6.07, 6.45) is 0. The van der Waals surface area contributed by atoms with Gasteiger partial charge in [0.1, 0.15) is 0 Å². The van der Waals surface area contributed by atoms with Crippen molar-refractivity contribution in [2.45, 2.75) is 13.5 Å². The van der Waals surface area contributed by atoms with Gasteiger partial charge in [-0.05, 0) is 36.8 Å². The molecule has 0 radical (unpaired) electrons. The predicted molar refractivity (Wildman–Crippen MR) is 98.8 cm³/mol. The molecule has 0 aliphatic rings. The second kappa shape index (κ2) is 7.07. The Kier molecular flexibility index (Phi) is 4.68. The van der Waals surface area contributed by atoms with Gasteiger partial charge in [0.25, 0.3) is 0 Å². The highest BCUT2D eigenvalue weighted by Gasteiger charge is 2.06. The van der Waals surface area contributed by atoms with Crippen LogP contribution in [-0.2, 0) is 6.54 Å². The summed E-state index contributed by atoms with van der Waals surface area (Å²) in [6.45, 7) is 2.78. The van der Waals surface area contributed by atoms with Crippen LogP contribution in [0, 0.1) is 6.92 Å². The molecule has 1 aromatic heterocycles. The van der Waals surface area contributed by atoms with Crippen LogP contribution in [0.3, 0.4) is 0 Å². The maximum atomic E-state index is 5.33. The number of hydrogen-bond acceptors (Lipinski definition) is 2. The summed E-state index contributed by atoms with van der Waals surface area (Å²) in [6, 6.07) is 22.1. The lowest BCUT2D eigenvalue weighted by atomic mass is 10.2. The fraction of sp³-hybridized carbons (Fsp3) is 0.111. The molecule has 2 aromatic carbocycles. The molecule has 0 spiro atoms. The van der Waals surface area contributed by atoms with Crippen molar-refractivity contribution in [1.29, 1.82) is 0 Å². The number of aryl methyl sites for hydroxylation is 1. The molecule has 4 nitrogen and oxygen atoms in total. The summed E-state index contributed by atoms with van der Waals surface area (Å²) in [5.74, 6) is 0.742. The summed E-state index contributed by atoms with van der Waals surface area (Å²) in [5.41, 5.74) is 3.25.